The molecule has 0 aliphatic heterocycles. The van der Waals surface area contributed by atoms with Crippen molar-refractivity contribution in [3.05, 3.63) is 108 Å². The van der Waals surface area contributed by atoms with Gasteiger partial charge in [-0.2, -0.15) is 0 Å². The lowest BCUT2D eigenvalue weighted by atomic mass is 9.90. The van der Waals surface area contributed by atoms with Gasteiger partial charge >= 0.3 is 0 Å². The van der Waals surface area contributed by atoms with Crippen LogP contribution in [0.5, 0.6) is 11.5 Å². The molecule has 0 aliphatic rings. The van der Waals surface area contributed by atoms with Crippen LogP contribution in [-0.2, 0) is 0 Å². The molecule has 1 amide bonds. The number of carbonyl (C=O) groups is 1. The summed E-state index contributed by atoms with van der Waals surface area (Å²) in [5, 5.41) is 28.5. The number of hydrogen-bond acceptors (Lipinski definition) is 3. The first-order valence-electron chi connectivity index (χ1n) is 10.9. The number of nitrogens with one attached hydrogen (secondary N) is 1. The fraction of sp³-hybridized carbons (Fsp3) is 0.0690. The monoisotopic (exact) mass is 433 g/mol. The predicted molar refractivity (Wildman–Crippen MR) is 133 cm³/mol. The highest BCUT2D eigenvalue weighted by molar-refractivity contribution is 6.13. The summed E-state index contributed by atoms with van der Waals surface area (Å²) in [4.78, 5) is 13.3. The Balaban J connectivity index is 1.71. The van der Waals surface area contributed by atoms with E-state index in [1.54, 1.807) is 12.1 Å². The summed E-state index contributed by atoms with van der Waals surface area (Å²) in [6, 6.07) is 29.8. The van der Waals surface area contributed by atoms with Gasteiger partial charge in [-0.1, -0.05) is 84.9 Å². The van der Waals surface area contributed by atoms with Crippen LogP contribution in [-0.4, -0.2) is 16.1 Å². The van der Waals surface area contributed by atoms with Gasteiger partial charge in [0.2, 0.25) is 0 Å². The smallest absolute Gasteiger partial charge is 0.255 e. The highest BCUT2D eigenvalue weighted by Crippen LogP contribution is 2.46. The van der Waals surface area contributed by atoms with E-state index in [0.717, 1.165) is 27.1 Å². The standard InChI is InChI=1S/C29H23NO3/c1-18(19-9-3-2-4-10-19)30-29(33)24-17-21-12-6-8-14-23(21)27(28(24)32)26-22-13-7-5-11-20(22)15-16-25(26)31/h2-18,31-32H,1H3,(H,30,33)/t18-/m0/s1. The lowest BCUT2D eigenvalue weighted by Gasteiger charge is -2.19. The average molecular weight is 434 g/mol. The van der Waals surface area contributed by atoms with Crippen molar-refractivity contribution in [3.63, 3.8) is 0 Å². The van der Waals surface area contributed by atoms with E-state index < -0.39 is 0 Å². The number of benzene rings is 5. The lowest BCUT2D eigenvalue weighted by molar-refractivity contribution is 0.0937. The first kappa shape index (κ1) is 20.6. The molecule has 4 heteroatoms. The Bertz CT molecular complexity index is 1490. The van der Waals surface area contributed by atoms with Crippen molar-refractivity contribution in [1.82, 2.24) is 5.32 Å². The van der Waals surface area contributed by atoms with Crippen LogP contribution in [0.3, 0.4) is 0 Å². The first-order chi connectivity index (χ1) is 16.0. The van der Waals surface area contributed by atoms with Gasteiger partial charge in [0.1, 0.15) is 11.5 Å². The van der Waals surface area contributed by atoms with Crippen molar-refractivity contribution in [2.24, 2.45) is 0 Å². The summed E-state index contributed by atoms with van der Waals surface area (Å²) < 4.78 is 0. The number of aromatic hydroxyl groups is 2. The number of hydrogen-bond donors (Lipinski definition) is 3. The van der Waals surface area contributed by atoms with Crippen LogP contribution in [0.4, 0.5) is 0 Å². The SMILES string of the molecule is C[C@H](NC(=O)c1cc2ccccc2c(-c2c(O)ccc3ccccc23)c1O)c1ccccc1. The van der Waals surface area contributed by atoms with Crippen LogP contribution < -0.4 is 5.32 Å². The molecule has 0 spiro atoms. The zero-order valence-electron chi connectivity index (χ0n) is 18.1. The molecule has 5 rings (SSSR count). The van der Waals surface area contributed by atoms with E-state index in [2.05, 4.69) is 5.32 Å². The van der Waals surface area contributed by atoms with Crippen LogP contribution in [0.25, 0.3) is 32.7 Å². The van der Waals surface area contributed by atoms with E-state index in [9.17, 15) is 15.0 Å². The Morgan fingerprint density at radius 2 is 1.33 bits per heavy atom. The Hall–Kier alpha value is -4.31. The van der Waals surface area contributed by atoms with Gasteiger partial charge in [0.25, 0.3) is 5.91 Å². The van der Waals surface area contributed by atoms with E-state index >= 15 is 0 Å². The molecule has 0 aliphatic carbocycles. The molecular weight excluding hydrogens is 410 g/mol. The minimum Gasteiger partial charge on any atom is -0.507 e. The molecule has 33 heavy (non-hydrogen) atoms. The van der Waals surface area contributed by atoms with Gasteiger partial charge < -0.3 is 15.5 Å². The minimum atomic E-state index is -0.379. The van der Waals surface area contributed by atoms with Crippen molar-refractivity contribution in [2.75, 3.05) is 0 Å². The van der Waals surface area contributed by atoms with Gasteiger partial charge in [0.15, 0.2) is 0 Å². The zero-order chi connectivity index (χ0) is 22.9. The van der Waals surface area contributed by atoms with Gasteiger partial charge in [-0.3, -0.25) is 4.79 Å². The van der Waals surface area contributed by atoms with E-state index in [-0.39, 0.29) is 29.0 Å². The molecule has 0 fully saturated rings. The number of fused-ring (bicyclic) bond motifs is 2. The van der Waals surface area contributed by atoms with E-state index in [4.69, 9.17) is 0 Å². The molecule has 5 aromatic carbocycles. The summed E-state index contributed by atoms with van der Waals surface area (Å²) in [5.74, 6) is -0.488. The zero-order valence-corrected chi connectivity index (χ0v) is 18.1. The van der Waals surface area contributed by atoms with Gasteiger partial charge in [-0.25, -0.2) is 0 Å². The molecule has 0 heterocycles. The number of rotatable bonds is 4. The first-order valence-corrected chi connectivity index (χ1v) is 10.9. The van der Waals surface area contributed by atoms with Gasteiger partial charge in [0.05, 0.1) is 11.6 Å². The third kappa shape index (κ3) is 3.66. The van der Waals surface area contributed by atoms with Crippen LogP contribution in [0.2, 0.25) is 0 Å². The van der Waals surface area contributed by atoms with Crippen LogP contribution >= 0.6 is 0 Å². The third-order valence-corrected chi connectivity index (χ3v) is 6.07. The van der Waals surface area contributed by atoms with Gasteiger partial charge in [-0.15, -0.1) is 0 Å². The Morgan fingerprint density at radius 3 is 2.06 bits per heavy atom. The fourth-order valence-electron chi connectivity index (χ4n) is 4.39. The topological polar surface area (TPSA) is 69.6 Å². The van der Waals surface area contributed by atoms with Crippen LogP contribution in [0.1, 0.15) is 28.9 Å². The van der Waals surface area contributed by atoms with Crippen molar-refractivity contribution in [2.45, 2.75) is 13.0 Å². The number of carbonyl (C=O) groups excluding carboxylic acids is 1. The fourth-order valence-corrected chi connectivity index (χ4v) is 4.39. The van der Waals surface area contributed by atoms with Gasteiger partial charge in [0, 0.05) is 11.1 Å². The molecule has 0 saturated heterocycles. The Kier molecular flexibility index (Phi) is 5.19. The molecule has 0 saturated carbocycles. The molecule has 0 radical (unpaired) electrons. The van der Waals surface area contributed by atoms with Crippen molar-refractivity contribution in [3.8, 4) is 22.6 Å². The third-order valence-electron chi connectivity index (χ3n) is 6.07. The highest BCUT2D eigenvalue weighted by Gasteiger charge is 2.23. The number of amides is 1. The molecule has 0 bridgehead atoms. The quantitative estimate of drug-likeness (QED) is 0.300. The summed E-state index contributed by atoms with van der Waals surface area (Å²) in [7, 11) is 0. The molecule has 0 unspecified atom stereocenters. The molecular formula is C29H23NO3. The number of phenolic OH excluding ortho intramolecular Hbond substituents is 2. The van der Waals surface area contributed by atoms with Crippen LogP contribution in [0.15, 0.2) is 97.1 Å². The maximum absolute atomic E-state index is 13.3. The Labute approximate surface area is 191 Å². The largest absolute Gasteiger partial charge is 0.507 e. The molecule has 1 atom stereocenters. The van der Waals surface area contributed by atoms with Crippen LogP contribution in [0, 0.1) is 0 Å². The van der Waals surface area contributed by atoms with Crippen molar-refractivity contribution in [1.29, 1.82) is 0 Å². The summed E-state index contributed by atoms with van der Waals surface area (Å²) in [6.45, 7) is 1.91. The second-order valence-electron chi connectivity index (χ2n) is 8.16. The molecule has 0 aromatic heterocycles. The van der Waals surface area contributed by atoms with E-state index in [1.807, 2.05) is 91.9 Å². The second-order valence-corrected chi connectivity index (χ2v) is 8.16. The molecule has 4 nitrogen and oxygen atoms in total. The second kappa shape index (κ2) is 8.32. The maximum Gasteiger partial charge on any atom is 0.255 e. The summed E-state index contributed by atoms with van der Waals surface area (Å²) >= 11 is 0. The molecule has 162 valence electrons. The van der Waals surface area contributed by atoms with Gasteiger partial charge in [-0.05, 0) is 46.2 Å². The van der Waals surface area contributed by atoms with Crippen molar-refractivity contribution >= 4 is 27.5 Å². The van der Waals surface area contributed by atoms with E-state index in [1.165, 1.54) is 0 Å². The molecule has 5 aromatic rings. The normalized spacial score (nSPS) is 12.0. The van der Waals surface area contributed by atoms with Crippen molar-refractivity contribution < 1.29 is 15.0 Å². The predicted octanol–water partition coefficient (Wildman–Crippen LogP) is 6.56. The summed E-state index contributed by atoms with van der Waals surface area (Å²) in [6.07, 6.45) is 0. The summed E-state index contributed by atoms with van der Waals surface area (Å²) in [5.41, 5.74) is 2.09. The lowest BCUT2D eigenvalue weighted by Crippen LogP contribution is -2.26. The Morgan fingerprint density at radius 1 is 0.727 bits per heavy atom. The minimum absolute atomic E-state index is 0.0457. The molecule has 3 N–H and O–H groups in total. The average Bonchev–Trinajstić information content (AvgIpc) is 2.85. The van der Waals surface area contributed by atoms with E-state index in [0.29, 0.717) is 11.1 Å². The highest BCUT2D eigenvalue weighted by atomic mass is 16.3. The maximum atomic E-state index is 13.3. The number of phenols is 2.